The standard InChI is InChI=1S/C13H10Cl2N2O2/c1-7-2-3-8(14)4-11(7)17-12-5-9(13(18)19)10(15)6-16-12/h2-6H,1H3,(H,16,17)(H,18,19). The van der Waals surface area contributed by atoms with Gasteiger partial charge in [0.05, 0.1) is 10.6 Å². The van der Waals surface area contributed by atoms with E-state index >= 15 is 0 Å². The Hall–Kier alpha value is -1.78. The van der Waals surface area contributed by atoms with Crippen molar-refractivity contribution >= 4 is 40.7 Å². The summed E-state index contributed by atoms with van der Waals surface area (Å²) >= 11 is 11.7. The molecule has 0 saturated carbocycles. The normalized spacial score (nSPS) is 10.3. The number of carboxylic acids is 1. The Morgan fingerprint density at radius 1 is 1.32 bits per heavy atom. The van der Waals surface area contributed by atoms with Crippen LogP contribution in [0.2, 0.25) is 10.0 Å². The minimum Gasteiger partial charge on any atom is -0.478 e. The molecule has 0 atom stereocenters. The molecule has 0 aliphatic rings. The quantitative estimate of drug-likeness (QED) is 0.893. The van der Waals surface area contributed by atoms with E-state index in [1.54, 1.807) is 12.1 Å². The molecular weight excluding hydrogens is 287 g/mol. The van der Waals surface area contributed by atoms with Gasteiger partial charge in [-0.05, 0) is 30.7 Å². The first-order valence-electron chi connectivity index (χ1n) is 5.39. The summed E-state index contributed by atoms with van der Waals surface area (Å²) in [4.78, 5) is 15.0. The maximum absolute atomic E-state index is 11.0. The topological polar surface area (TPSA) is 62.2 Å². The van der Waals surface area contributed by atoms with Crippen molar-refractivity contribution in [3.63, 3.8) is 0 Å². The molecule has 0 aliphatic heterocycles. The van der Waals surface area contributed by atoms with E-state index in [9.17, 15) is 4.79 Å². The molecule has 2 N–H and O–H groups in total. The van der Waals surface area contributed by atoms with Crippen molar-refractivity contribution < 1.29 is 9.90 Å². The monoisotopic (exact) mass is 296 g/mol. The molecule has 0 saturated heterocycles. The number of aromatic carboxylic acids is 1. The van der Waals surface area contributed by atoms with Crippen molar-refractivity contribution in [2.45, 2.75) is 6.92 Å². The lowest BCUT2D eigenvalue weighted by Gasteiger charge is -2.10. The van der Waals surface area contributed by atoms with Gasteiger partial charge in [-0.25, -0.2) is 9.78 Å². The van der Waals surface area contributed by atoms with E-state index in [-0.39, 0.29) is 10.6 Å². The van der Waals surface area contributed by atoms with E-state index < -0.39 is 5.97 Å². The van der Waals surface area contributed by atoms with Crippen LogP contribution in [0.5, 0.6) is 0 Å². The summed E-state index contributed by atoms with van der Waals surface area (Å²) in [6.45, 7) is 1.91. The predicted octanol–water partition coefficient (Wildman–Crippen LogP) is 4.14. The fourth-order valence-electron chi connectivity index (χ4n) is 1.54. The first-order chi connectivity index (χ1) is 8.97. The van der Waals surface area contributed by atoms with Crippen molar-refractivity contribution in [1.82, 2.24) is 4.98 Å². The Morgan fingerprint density at radius 3 is 2.74 bits per heavy atom. The highest BCUT2D eigenvalue weighted by atomic mass is 35.5. The van der Waals surface area contributed by atoms with Gasteiger partial charge in [0.2, 0.25) is 0 Å². The number of nitrogens with one attached hydrogen (secondary N) is 1. The second-order valence-corrected chi connectivity index (χ2v) is 4.78. The van der Waals surface area contributed by atoms with Crippen LogP contribution >= 0.6 is 23.2 Å². The number of hydrogen-bond donors (Lipinski definition) is 2. The highest BCUT2D eigenvalue weighted by Crippen LogP contribution is 2.25. The summed E-state index contributed by atoms with van der Waals surface area (Å²) < 4.78 is 0. The largest absolute Gasteiger partial charge is 0.478 e. The van der Waals surface area contributed by atoms with Gasteiger partial charge >= 0.3 is 5.97 Å². The maximum Gasteiger partial charge on any atom is 0.337 e. The molecule has 1 heterocycles. The number of halogens is 2. The van der Waals surface area contributed by atoms with Crippen LogP contribution in [0.1, 0.15) is 15.9 Å². The third kappa shape index (κ3) is 3.16. The molecule has 0 amide bonds. The molecule has 0 radical (unpaired) electrons. The summed E-state index contributed by atoms with van der Waals surface area (Å²) in [6.07, 6.45) is 1.30. The number of aryl methyl sites for hydroxylation is 1. The fraction of sp³-hybridized carbons (Fsp3) is 0.0769. The average molecular weight is 297 g/mol. The van der Waals surface area contributed by atoms with Gasteiger partial charge in [-0.3, -0.25) is 0 Å². The van der Waals surface area contributed by atoms with Crippen molar-refractivity contribution in [2.75, 3.05) is 5.32 Å². The van der Waals surface area contributed by atoms with Crippen LogP contribution in [0.15, 0.2) is 30.5 Å². The number of nitrogens with zero attached hydrogens (tertiary/aromatic N) is 1. The number of hydrogen-bond acceptors (Lipinski definition) is 3. The van der Waals surface area contributed by atoms with Gasteiger partial charge < -0.3 is 10.4 Å². The number of pyridine rings is 1. The Morgan fingerprint density at radius 2 is 2.05 bits per heavy atom. The first kappa shape index (κ1) is 13.6. The Labute approximate surface area is 120 Å². The molecule has 0 spiro atoms. The number of rotatable bonds is 3. The van der Waals surface area contributed by atoms with Crippen molar-refractivity contribution in [1.29, 1.82) is 0 Å². The van der Waals surface area contributed by atoms with Crippen LogP contribution in [0.3, 0.4) is 0 Å². The van der Waals surface area contributed by atoms with Crippen molar-refractivity contribution in [3.8, 4) is 0 Å². The van der Waals surface area contributed by atoms with E-state index in [1.807, 2.05) is 13.0 Å². The van der Waals surface area contributed by atoms with E-state index in [0.717, 1.165) is 11.3 Å². The van der Waals surface area contributed by atoms with Crippen LogP contribution in [-0.2, 0) is 0 Å². The third-order valence-corrected chi connectivity index (χ3v) is 3.08. The lowest BCUT2D eigenvalue weighted by atomic mass is 10.2. The van der Waals surface area contributed by atoms with Crippen LogP contribution < -0.4 is 5.32 Å². The summed E-state index contributed by atoms with van der Waals surface area (Å²) in [6, 6.07) is 6.76. The average Bonchev–Trinajstić information content (AvgIpc) is 2.36. The van der Waals surface area contributed by atoms with Crippen molar-refractivity contribution in [3.05, 3.63) is 51.6 Å². The number of carbonyl (C=O) groups is 1. The molecule has 19 heavy (non-hydrogen) atoms. The van der Waals surface area contributed by atoms with Gasteiger partial charge in [-0.15, -0.1) is 0 Å². The van der Waals surface area contributed by atoms with Gasteiger partial charge in [0.15, 0.2) is 0 Å². The van der Waals surface area contributed by atoms with Crippen LogP contribution in [0.4, 0.5) is 11.5 Å². The zero-order valence-corrected chi connectivity index (χ0v) is 11.5. The molecule has 2 aromatic rings. The van der Waals surface area contributed by atoms with Gasteiger partial charge in [-0.1, -0.05) is 29.3 Å². The van der Waals surface area contributed by atoms with Gasteiger partial charge in [0.1, 0.15) is 5.82 Å². The Balaban J connectivity index is 2.36. The third-order valence-electron chi connectivity index (χ3n) is 2.55. The van der Waals surface area contributed by atoms with E-state index in [2.05, 4.69) is 10.3 Å². The number of carboxylic acid groups (broad SMARTS) is 1. The minimum absolute atomic E-state index is 0.00107. The summed E-state index contributed by atoms with van der Waals surface area (Å²) in [5.74, 6) is -0.703. The van der Waals surface area contributed by atoms with Crippen LogP contribution in [-0.4, -0.2) is 16.1 Å². The summed E-state index contributed by atoms with van der Waals surface area (Å²) in [5.41, 5.74) is 1.73. The lowest BCUT2D eigenvalue weighted by Crippen LogP contribution is -2.02. The number of aromatic nitrogens is 1. The highest BCUT2D eigenvalue weighted by molar-refractivity contribution is 6.33. The molecule has 1 aromatic heterocycles. The zero-order chi connectivity index (χ0) is 14.0. The molecule has 0 bridgehead atoms. The van der Waals surface area contributed by atoms with Crippen LogP contribution in [0, 0.1) is 6.92 Å². The molecule has 6 heteroatoms. The van der Waals surface area contributed by atoms with Gasteiger partial charge in [0, 0.05) is 16.9 Å². The summed E-state index contributed by atoms with van der Waals surface area (Å²) in [7, 11) is 0. The molecule has 1 aromatic carbocycles. The predicted molar refractivity (Wildman–Crippen MR) is 75.7 cm³/mol. The van der Waals surface area contributed by atoms with Gasteiger partial charge in [0.25, 0.3) is 0 Å². The fourth-order valence-corrected chi connectivity index (χ4v) is 1.89. The molecule has 0 aliphatic carbocycles. The Bertz CT molecular complexity index is 645. The molecule has 0 fully saturated rings. The molecular formula is C13H10Cl2N2O2. The number of benzene rings is 1. The number of anilines is 2. The molecule has 2 rings (SSSR count). The highest BCUT2D eigenvalue weighted by Gasteiger charge is 2.11. The Kier molecular flexibility index (Phi) is 3.93. The van der Waals surface area contributed by atoms with E-state index in [0.29, 0.717) is 10.8 Å². The minimum atomic E-state index is -1.10. The maximum atomic E-state index is 11.0. The lowest BCUT2D eigenvalue weighted by molar-refractivity contribution is 0.0697. The molecule has 98 valence electrons. The SMILES string of the molecule is Cc1ccc(Cl)cc1Nc1cc(C(=O)O)c(Cl)cn1. The van der Waals surface area contributed by atoms with Crippen molar-refractivity contribution in [2.24, 2.45) is 0 Å². The molecule has 4 nitrogen and oxygen atoms in total. The van der Waals surface area contributed by atoms with E-state index in [4.69, 9.17) is 28.3 Å². The second kappa shape index (κ2) is 5.47. The second-order valence-electron chi connectivity index (χ2n) is 3.94. The van der Waals surface area contributed by atoms with Gasteiger partial charge in [-0.2, -0.15) is 0 Å². The zero-order valence-electron chi connectivity index (χ0n) is 9.95. The summed E-state index contributed by atoms with van der Waals surface area (Å²) in [5, 5.41) is 12.7. The van der Waals surface area contributed by atoms with Crippen LogP contribution in [0.25, 0.3) is 0 Å². The first-order valence-corrected chi connectivity index (χ1v) is 6.15. The molecule has 0 unspecified atom stereocenters. The van der Waals surface area contributed by atoms with E-state index in [1.165, 1.54) is 12.3 Å². The smallest absolute Gasteiger partial charge is 0.337 e.